The third-order valence-corrected chi connectivity index (χ3v) is 3.96. The first-order valence-corrected chi connectivity index (χ1v) is 7.93. The second-order valence-electron chi connectivity index (χ2n) is 5.69. The Kier molecular flexibility index (Phi) is 4.79. The van der Waals surface area contributed by atoms with Gasteiger partial charge in [0.2, 0.25) is 0 Å². The van der Waals surface area contributed by atoms with Gasteiger partial charge in [0.25, 0.3) is 5.56 Å². The fourth-order valence-corrected chi connectivity index (χ4v) is 2.66. The molecule has 132 valence electrons. The summed E-state index contributed by atoms with van der Waals surface area (Å²) in [5.74, 6) is -1.10. The van der Waals surface area contributed by atoms with Crippen molar-refractivity contribution in [2.75, 3.05) is 0 Å². The van der Waals surface area contributed by atoms with E-state index >= 15 is 0 Å². The maximum absolute atomic E-state index is 12.8. The van der Waals surface area contributed by atoms with Crippen molar-refractivity contribution in [3.63, 3.8) is 0 Å². The Morgan fingerprint density at radius 2 is 1.88 bits per heavy atom. The van der Waals surface area contributed by atoms with Crippen molar-refractivity contribution in [1.82, 2.24) is 9.55 Å². The maximum Gasteiger partial charge on any atom is 0.303 e. The molecular formula is C19H16N2O5. The number of ether oxygens (including phenoxy) is 1. The number of hydrogen-bond acceptors (Lipinski definition) is 5. The van der Waals surface area contributed by atoms with Crippen LogP contribution in [0.1, 0.15) is 23.2 Å². The Balaban J connectivity index is 2.22. The van der Waals surface area contributed by atoms with E-state index in [-0.39, 0.29) is 24.2 Å². The van der Waals surface area contributed by atoms with E-state index in [1.54, 1.807) is 30.3 Å². The van der Waals surface area contributed by atoms with Gasteiger partial charge in [-0.2, -0.15) is 0 Å². The van der Waals surface area contributed by atoms with Gasteiger partial charge in [0.05, 0.1) is 18.1 Å². The molecule has 0 saturated heterocycles. The van der Waals surface area contributed by atoms with Crippen LogP contribution in [0.15, 0.2) is 53.6 Å². The van der Waals surface area contributed by atoms with Crippen LogP contribution < -0.4 is 10.3 Å². The molecule has 0 unspecified atom stereocenters. The SMILES string of the molecule is Cn1c(=O)c(C(=O)CCC(=O)O)c(Oc2ccccc2)c2ccncc21. The van der Waals surface area contributed by atoms with E-state index in [1.165, 1.54) is 24.0 Å². The summed E-state index contributed by atoms with van der Waals surface area (Å²) >= 11 is 0. The third-order valence-electron chi connectivity index (χ3n) is 3.96. The van der Waals surface area contributed by atoms with E-state index in [9.17, 15) is 14.4 Å². The van der Waals surface area contributed by atoms with Crippen LogP contribution in [-0.4, -0.2) is 26.4 Å². The van der Waals surface area contributed by atoms with Crippen molar-refractivity contribution in [3.05, 3.63) is 64.7 Å². The highest BCUT2D eigenvalue weighted by atomic mass is 16.5. The van der Waals surface area contributed by atoms with Crippen LogP contribution >= 0.6 is 0 Å². The molecule has 7 heteroatoms. The van der Waals surface area contributed by atoms with Gasteiger partial charge in [0.15, 0.2) is 11.5 Å². The maximum atomic E-state index is 12.8. The number of pyridine rings is 2. The van der Waals surface area contributed by atoms with Crippen LogP contribution in [0.5, 0.6) is 11.5 Å². The predicted octanol–water partition coefficient (Wildman–Crippen LogP) is 2.77. The number of carbonyl (C=O) groups is 2. The third kappa shape index (κ3) is 3.32. The number of aryl methyl sites for hydroxylation is 1. The van der Waals surface area contributed by atoms with E-state index in [0.717, 1.165) is 0 Å². The average Bonchev–Trinajstić information content (AvgIpc) is 2.65. The van der Waals surface area contributed by atoms with Gasteiger partial charge in [0, 0.05) is 25.1 Å². The number of benzene rings is 1. The number of fused-ring (bicyclic) bond motifs is 1. The molecule has 0 atom stereocenters. The lowest BCUT2D eigenvalue weighted by molar-refractivity contribution is -0.136. The van der Waals surface area contributed by atoms with Gasteiger partial charge in [0.1, 0.15) is 11.3 Å². The van der Waals surface area contributed by atoms with Crippen molar-refractivity contribution in [3.8, 4) is 11.5 Å². The van der Waals surface area contributed by atoms with E-state index in [1.807, 2.05) is 6.07 Å². The highest BCUT2D eigenvalue weighted by Gasteiger charge is 2.23. The van der Waals surface area contributed by atoms with Crippen LogP contribution in [0.3, 0.4) is 0 Å². The largest absolute Gasteiger partial charge is 0.481 e. The van der Waals surface area contributed by atoms with Crippen molar-refractivity contribution in [2.24, 2.45) is 7.05 Å². The lowest BCUT2D eigenvalue weighted by atomic mass is 10.0. The van der Waals surface area contributed by atoms with Gasteiger partial charge in [-0.3, -0.25) is 19.4 Å². The van der Waals surface area contributed by atoms with E-state index in [0.29, 0.717) is 16.7 Å². The first kappa shape index (κ1) is 17.3. The Hall–Kier alpha value is -3.48. The molecule has 0 aliphatic rings. The summed E-state index contributed by atoms with van der Waals surface area (Å²) in [4.78, 5) is 40.2. The zero-order chi connectivity index (χ0) is 18.7. The van der Waals surface area contributed by atoms with Gasteiger partial charge < -0.3 is 14.4 Å². The normalized spacial score (nSPS) is 10.7. The summed E-state index contributed by atoms with van der Waals surface area (Å²) in [6, 6.07) is 10.4. The molecule has 0 bridgehead atoms. The number of nitrogens with zero attached hydrogens (tertiary/aromatic N) is 2. The van der Waals surface area contributed by atoms with Crippen LogP contribution in [0.4, 0.5) is 0 Å². The van der Waals surface area contributed by atoms with Gasteiger partial charge >= 0.3 is 5.97 Å². The molecule has 2 aromatic heterocycles. The molecule has 2 heterocycles. The Bertz CT molecular complexity index is 1040. The fraction of sp³-hybridized carbons (Fsp3) is 0.158. The topological polar surface area (TPSA) is 98.5 Å². The number of carbonyl (C=O) groups excluding carboxylic acids is 1. The first-order chi connectivity index (χ1) is 12.5. The minimum absolute atomic E-state index is 0.118. The van der Waals surface area contributed by atoms with Gasteiger partial charge in [-0.25, -0.2) is 0 Å². The fourth-order valence-electron chi connectivity index (χ4n) is 2.66. The molecule has 3 aromatic rings. The minimum Gasteiger partial charge on any atom is -0.481 e. The highest BCUT2D eigenvalue weighted by molar-refractivity contribution is 6.04. The smallest absolute Gasteiger partial charge is 0.303 e. The summed E-state index contributed by atoms with van der Waals surface area (Å²) in [6.45, 7) is 0. The van der Waals surface area contributed by atoms with Crippen molar-refractivity contribution < 1.29 is 19.4 Å². The molecule has 0 spiro atoms. The molecule has 0 radical (unpaired) electrons. The lowest BCUT2D eigenvalue weighted by Gasteiger charge is -2.15. The monoisotopic (exact) mass is 352 g/mol. The summed E-state index contributed by atoms with van der Waals surface area (Å²) in [7, 11) is 1.53. The van der Waals surface area contributed by atoms with Crippen molar-refractivity contribution >= 4 is 22.7 Å². The predicted molar refractivity (Wildman–Crippen MR) is 94.7 cm³/mol. The lowest BCUT2D eigenvalue weighted by Crippen LogP contribution is -2.26. The number of rotatable bonds is 6. The number of ketones is 1. The average molecular weight is 352 g/mol. The van der Waals surface area contributed by atoms with Crippen LogP contribution in [0, 0.1) is 0 Å². The Morgan fingerprint density at radius 3 is 2.58 bits per heavy atom. The molecule has 1 aromatic carbocycles. The molecule has 3 rings (SSSR count). The number of para-hydroxylation sites is 1. The minimum atomic E-state index is -1.11. The molecule has 0 amide bonds. The highest BCUT2D eigenvalue weighted by Crippen LogP contribution is 2.32. The molecule has 0 fully saturated rings. The summed E-state index contributed by atoms with van der Waals surface area (Å²) in [5.41, 5.74) is -0.193. The second-order valence-corrected chi connectivity index (χ2v) is 5.69. The number of aliphatic carboxylic acids is 1. The summed E-state index contributed by atoms with van der Waals surface area (Å²) in [5, 5.41) is 9.38. The van der Waals surface area contributed by atoms with E-state index in [4.69, 9.17) is 9.84 Å². The zero-order valence-electron chi connectivity index (χ0n) is 14.0. The summed E-state index contributed by atoms with van der Waals surface area (Å²) in [6.07, 6.45) is 2.41. The zero-order valence-corrected chi connectivity index (χ0v) is 14.0. The standard InChI is InChI=1S/C19H16N2O5/c1-21-14-11-20-10-9-13(14)18(26-12-5-3-2-4-6-12)17(19(21)25)15(22)7-8-16(23)24/h2-6,9-11H,7-8H2,1H3,(H,23,24). The molecule has 7 nitrogen and oxygen atoms in total. The Morgan fingerprint density at radius 1 is 1.15 bits per heavy atom. The van der Waals surface area contributed by atoms with E-state index in [2.05, 4.69) is 4.98 Å². The van der Waals surface area contributed by atoms with Gasteiger partial charge in [-0.15, -0.1) is 0 Å². The molecule has 0 saturated carbocycles. The molecule has 1 N–H and O–H groups in total. The number of hydrogen-bond donors (Lipinski definition) is 1. The molecule has 0 aliphatic carbocycles. The quantitative estimate of drug-likeness (QED) is 0.685. The van der Waals surface area contributed by atoms with Crippen LogP contribution in [-0.2, 0) is 11.8 Å². The van der Waals surface area contributed by atoms with Crippen molar-refractivity contribution in [1.29, 1.82) is 0 Å². The van der Waals surface area contributed by atoms with Gasteiger partial charge in [-0.05, 0) is 18.2 Å². The van der Waals surface area contributed by atoms with Gasteiger partial charge in [-0.1, -0.05) is 18.2 Å². The van der Waals surface area contributed by atoms with Crippen LogP contribution in [0.25, 0.3) is 10.9 Å². The number of aromatic nitrogens is 2. The molecule has 26 heavy (non-hydrogen) atoms. The van der Waals surface area contributed by atoms with Crippen molar-refractivity contribution in [2.45, 2.75) is 12.8 Å². The number of Topliss-reactive ketones (excluding diaryl/α,β-unsaturated/α-hetero) is 1. The molecule has 0 aliphatic heterocycles. The number of carboxylic acid groups (broad SMARTS) is 1. The Labute approximate surface area is 148 Å². The van der Waals surface area contributed by atoms with Crippen LogP contribution in [0.2, 0.25) is 0 Å². The first-order valence-electron chi connectivity index (χ1n) is 7.93. The second kappa shape index (κ2) is 7.18. The van der Waals surface area contributed by atoms with E-state index < -0.39 is 17.3 Å². The summed E-state index contributed by atoms with van der Waals surface area (Å²) < 4.78 is 7.19. The number of carboxylic acids is 1. The molecular weight excluding hydrogens is 336 g/mol.